The largest absolute Gasteiger partial charge is 0.306 e. The molecule has 108 valence electrons. The number of hydrogen-bond acceptors (Lipinski definition) is 2. The lowest BCUT2D eigenvalue weighted by Crippen LogP contribution is -2.22. The van der Waals surface area contributed by atoms with E-state index in [0.29, 0.717) is 0 Å². The molecule has 1 unspecified atom stereocenters. The third kappa shape index (κ3) is 2.78. The van der Waals surface area contributed by atoms with Gasteiger partial charge in [-0.3, -0.25) is 0 Å². The van der Waals surface area contributed by atoms with Gasteiger partial charge in [-0.15, -0.1) is 11.3 Å². The molecule has 0 aliphatic carbocycles. The highest BCUT2D eigenvalue weighted by Crippen LogP contribution is 2.36. The first-order valence-corrected chi connectivity index (χ1v) is 8.84. The lowest BCUT2D eigenvalue weighted by molar-refractivity contribution is 0.632. The molecule has 0 saturated carbocycles. The smallest absolute Gasteiger partial charge is 0.0602 e. The van der Waals surface area contributed by atoms with E-state index >= 15 is 0 Å². The normalized spacial score (nSPS) is 12.7. The van der Waals surface area contributed by atoms with Crippen molar-refractivity contribution in [3.05, 3.63) is 69.0 Å². The van der Waals surface area contributed by atoms with Crippen molar-refractivity contribution in [1.29, 1.82) is 0 Å². The molecule has 0 fully saturated rings. The van der Waals surface area contributed by atoms with Crippen molar-refractivity contribution in [2.45, 2.75) is 19.9 Å². The maximum absolute atomic E-state index is 3.77. The second-order valence-corrected chi connectivity index (χ2v) is 6.86. The maximum atomic E-state index is 3.77. The highest BCUT2D eigenvalue weighted by molar-refractivity contribution is 9.10. The molecule has 0 aliphatic heterocycles. The number of thiophene rings is 1. The van der Waals surface area contributed by atoms with Crippen molar-refractivity contribution < 1.29 is 0 Å². The van der Waals surface area contributed by atoms with E-state index in [1.54, 1.807) is 0 Å². The summed E-state index contributed by atoms with van der Waals surface area (Å²) >= 11 is 5.58. The first-order chi connectivity index (χ1) is 10.2. The predicted molar refractivity (Wildman–Crippen MR) is 96.2 cm³/mol. The third-order valence-electron chi connectivity index (χ3n) is 3.76. The van der Waals surface area contributed by atoms with Crippen LogP contribution < -0.4 is 5.32 Å². The Morgan fingerprint density at radius 1 is 1.10 bits per heavy atom. The average Bonchev–Trinajstić information content (AvgIpc) is 2.97. The van der Waals surface area contributed by atoms with E-state index in [4.69, 9.17) is 0 Å². The Labute approximate surface area is 138 Å². The zero-order valence-corrected chi connectivity index (χ0v) is 14.6. The minimum Gasteiger partial charge on any atom is -0.306 e. The summed E-state index contributed by atoms with van der Waals surface area (Å²) in [7, 11) is 0. The Morgan fingerprint density at radius 2 is 1.86 bits per heavy atom. The van der Waals surface area contributed by atoms with Crippen LogP contribution in [0.2, 0.25) is 0 Å². The fourth-order valence-electron chi connectivity index (χ4n) is 2.73. The topological polar surface area (TPSA) is 12.0 Å². The second kappa shape index (κ2) is 6.30. The van der Waals surface area contributed by atoms with Gasteiger partial charge in [0, 0.05) is 9.17 Å². The summed E-state index contributed by atoms with van der Waals surface area (Å²) in [4.78, 5) is 0. The van der Waals surface area contributed by atoms with E-state index in [-0.39, 0.29) is 6.04 Å². The predicted octanol–water partition coefficient (Wildman–Crippen LogP) is 5.67. The Bertz CT molecular complexity index is 763. The second-order valence-electron chi connectivity index (χ2n) is 5.16. The lowest BCUT2D eigenvalue weighted by atomic mass is 9.96. The molecular weight excluding hydrogens is 342 g/mol. The van der Waals surface area contributed by atoms with Gasteiger partial charge in [0.25, 0.3) is 0 Å². The fraction of sp³-hybridized carbons (Fsp3) is 0.222. The Morgan fingerprint density at radius 3 is 2.67 bits per heavy atom. The van der Waals surface area contributed by atoms with Gasteiger partial charge in [-0.05, 0) is 47.0 Å². The monoisotopic (exact) mass is 359 g/mol. The van der Waals surface area contributed by atoms with E-state index < -0.39 is 0 Å². The summed E-state index contributed by atoms with van der Waals surface area (Å²) in [5, 5.41) is 7.13. The lowest BCUT2D eigenvalue weighted by Gasteiger charge is -2.22. The minimum absolute atomic E-state index is 0.214. The summed E-state index contributed by atoms with van der Waals surface area (Å²) in [6.07, 6.45) is 0. The van der Waals surface area contributed by atoms with Gasteiger partial charge in [0.15, 0.2) is 0 Å². The van der Waals surface area contributed by atoms with Gasteiger partial charge in [-0.25, -0.2) is 0 Å². The molecule has 0 bridgehead atoms. The van der Waals surface area contributed by atoms with Gasteiger partial charge in [0.05, 0.1) is 6.04 Å². The summed E-state index contributed by atoms with van der Waals surface area (Å²) in [5.74, 6) is 0. The molecular formula is C18H18BrNS. The number of nitrogens with one attached hydrogen (secondary N) is 1. The van der Waals surface area contributed by atoms with Crippen LogP contribution in [-0.2, 0) is 0 Å². The van der Waals surface area contributed by atoms with Crippen LogP contribution in [0.15, 0.2) is 52.3 Å². The average molecular weight is 360 g/mol. The first-order valence-electron chi connectivity index (χ1n) is 7.17. The van der Waals surface area contributed by atoms with E-state index in [1.807, 2.05) is 11.3 Å². The Kier molecular flexibility index (Phi) is 4.43. The molecule has 2 aromatic carbocycles. The molecule has 0 radical (unpaired) electrons. The number of aryl methyl sites for hydroxylation is 1. The van der Waals surface area contributed by atoms with Gasteiger partial charge in [-0.1, -0.05) is 59.3 Å². The van der Waals surface area contributed by atoms with E-state index in [9.17, 15) is 0 Å². The third-order valence-corrected chi connectivity index (χ3v) is 5.82. The standard InChI is InChI=1S/C18H18BrNS/c1-3-20-17(14-8-4-6-12(2)16(14)19)15-9-5-7-13-10-11-21-18(13)15/h4-11,17,20H,3H2,1-2H3. The van der Waals surface area contributed by atoms with Crippen molar-refractivity contribution in [1.82, 2.24) is 5.32 Å². The van der Waals surface area contributed by atoms with Crippen molar-refractivity contribution in [3.8, 4) is 0 Å². The number of rotatable bonds is 4. The first kappa shape index (κ1) is 14.8. The molecule has 1 heterocycles. The SMILES string of the molecule is CCNC(c1cccc(C)c1Br)c1cccc2ccsc12. The summed E-state index contributed by atoms with van der Waals surface area (Å²) < 4.78 is 2.57. The molecule has 0 spiro atoms. The van der Waals surface area contributed by atoms with Crippen LogP contribution in [-0.4, -0.2) is 6.54 Å². The van der Waals surface area contributed by atoms with Gasteiger partial charge < -0.3 is 5.32 Å². The van der Waals surface area contributed by atoms with E-state index in [2.05, 4.69) is 82.9 Å². The van der Waals surface area contributed by atoms with Gasteiger partial charge in [0.1, 0.15) is 0 Å². The Balaban J connectivity index is 2.18. The van der Waals surface area contributed by atoms with Crippen molar-refractivity contribution in [3.63, 3.8) is 0 Å². The molecule has 1 atom stereocenters. The highest BCUT2D eigenvalue weighted by Gasteiger charge is 2.19. The van der Waals surface area contributed by atoms with Gasteiger partial charge in [0.2, 0.25) is 0 Å². The van der Waals surface area contributed by atoms with Gasteiger partial charge in [-0.2, -0.15) is 0 Å². The zero-order chi connectivity index (χ0) is 14.8. The molecule has 0 amide bonds. The zero-order valence-electron chi connectivity index (χ0n) is 12.2. The van der Waals surface area contributed by atoms with Crippen LogP contribution in [0, 0.1) is 6.92 Å². The maximum Gasteiger partial charge on any atom is 0.0602 e. The molecule has 0 aliphatic rings. The fourth-order valence-corrected chi connectivity index (χ4v) is 4.17. The van der Waals surface area contributed by atoms with Crippen LogP contribution in [0.3, 0.4) is 0 Å². The number of benzene rings is 2. The molecule has 0 saturated heterocycles. The molecule has 3 heteroatoms. The van der Waals surface area contributed by atoms with Crippen LogP contribution >= 0.6 is 27.3 Å². The Hall–Kier alpha value is -1.16. The molecule has 1 aromatic heterocycles. The summed E-state index contributed by atoms with van der Waals surface area (Å²) in [6, 6.07) is 15.5. The quantitative estimate of drug-likeness (QED) is 0.632. The molecule has 3 aromatic rings. The van der Waals surface area contributed by atoms with Crippen molar-refractivity contribution >= 4 is 37.4 Å². The van der Waals surface area contributed by atoms with Gasteiger partial charge >= 0.3 is 0 Å². The highest BCUT2D eigenvalue weighted by atomic mass is 79.9. The number of fused-ring (bicyclic) bond motifs is 1. The van der Waals surface area contributed by atoms with Crippen LogP contribution in [0.5, 0.6) is 0 Å². The van der Waals surface area contributed by atoms with E-state index in [0.717, 1.165) is 6.54 Å². The summed E-state index contributed by atoms with van der Waals surface area (Å²) in [5.41, 5.74) is 3.93. The van der Waals surface area contributed by atoms with Crippen LogP contribution in [0.4, 0.5) is 0 Å². The minimum atomic E-state index is 0.214. The van der Waals surface area contributed by atoms with Crippen LogP contribution in [0.1, 0.15) is 29.7 Å². The van der Waals surface area contributed by atoms with Crippen molar-refractivity contribution in [2.24, 2.45) is 0 Å². The summed E-state index contributed by atoms with van der Waals surface area (Å²) in [6.45, 7) is 5.24. The number of hydrogen-bond donors (Lipinski definition) is 1. The molecule has 3 rings (SSSR count). The molecule has 21 heavy (non-hydrogen) atoms. The molecule has 1 nitrogen and oxygen atoms in total. The van der Waals surface area contributed by atoms with E-state index in [1.165, 1.54) is 31.2 Å². The van der Waals surface area contributed by atoms with Crippen LogP contribution in [0.25, 0.3) is 10.1 Å². The van der Waals surface area contributed by atoms with Crippen molar-refractivity contribution in [2.75, 3.05) is 6.54 Å². The number of halogens is 1. The molecule has 1 N–H and O–H groups in total.